The van der Waals surface area contributed by atoms with Crippen LogP contribution < -0.4 is 9.64 Å². The summed E-state index contributed by atoms with van der Waals surface area (Å²) in [6, 6.07) is 11.9. The number of aromatic nitrogens is 1. The Hall–Kier alpha value is -2.60. The SMILES string of the molecule is Fc1ccc(OCCCN2CCN(c3cccc4[nH]ccc34)CC2)c(F)c1. The number of hydrogen-bond acceptors (Lipinski definition) is 3. The molecule has 3 aromatic rings. The predicted octanol–water partition coefficient (Wildman–Crippen LogP) is 4.04. The van der Waals surface area contributed by atoms with Gasteiger partial charge in [0.25, 0.3) is 0 Å². The number of anilines is 1. The minimum absolute atomic E-state index is 0.112. The van der Waals surface area contributed by atoms with Crippen LogP contribution in [0.1, 0.15) is 6.42 Å². The van der Waals surface area contributed by atoms with Gasteiger partial charge in [-0.15, -0.1) is 0 Å². The van der Waals surface area contributed by atoms with Crippen molar-refractivity contribution in [2.75, 3.05) is 44.2 Å². The van der Waals surface area contributed by atoms with Crippen LogP contribution in [0.15, 0.2) is 48.7 Å². The number of ether oxygens (including phenoxy) is 1. The largest absolute Gasteiger partial charge is 0.490 e. The summed E-state index contributed by atoms with van der Waals surface area (Å²) in [5.74, 6) is -1.13. The van der Waals surface area contributed by atoms with E-state index in [1.54, 1.807) is 0 Å². The number of nitrogens with zero attached hydrogens (tertiary/aromatic N) is 2. The molecule has 1 aliphatic heterocycles. The number of nitrogens with one attached hydrogen (secondary N) is 1. The Kier molecular flexibility index (Phi) is 5.25. The quantitative estimate of drug-likeness (QED) is 0.664. The van der Waals surface area contributed by atoms with E-state index in [4.69, 9.17) is 4.74 Å². The third-order valence-corrected chi connectivity index (χ3v) is 5.06. The monoisotopic (exact) mass is 371 g/mol. The normalized spacial score (nSPS) is 15.4. The number of aromatic amines is 1. The standard InChI is InChI=1S/C21H23F2N3O/c22-16-5-6-21(18(23)15-16)27-14-2-9-25-10-12-26(13-11-25)20-4-1-3-19-17(20)7-8-24-19/h1,3-8,15,24H,2,9-14H2. The fourth-order valence-electron chi connectivity index (χ4n) is 3.62. The second-order valence-corrected chi connectivity index (χ2v) is 6.82. The number of halogens is 2. The van der Waals surface area contributed by atoms with Gasteiger partial charge in [0.15, 0.2) is 11.6 Å². The van der Waals surface area contributed by atoms with Crippen molar-refractivity contribution in [1.82, 2.24) is 9.88 Å². The molecule has 2 heterocycles. The van der Waals surface area contributed by atoms with Crippen molar-refractivity contribution < 1.29 is 13.5 Å². The molecule has 0 atom stereocenters. The van der Waals surface area contributed by atoms with Gasteiger partial charge in [-0.25, -0.2) is 8.78 Å². The lowest BCUT2D eigenvalue weighted by Gasteiger charge is -2.36. The molecule has 4 nitrogen and oxygen atoms in total. The first-order valence-corrected chi connectivity index (χ1v) is 9.32. The first-order valence-electron chi connectivity index (χ1n) is 9.32. The van der Waals surface area contributed by atoms with E-state index in [0.717, 1.165) is 45.2 Å². The third-order valence-electron chi connectivity index (χ3n) is 5.06. The van der Waals surface area contributed by atoms with E-state index in [0.29, 0.717) is 6.61 Å². The summed E-state index contributed by atoms with van der Waals surface area (Å²) in [4.78, 5) is 8.09. The summed E-state index contributed by atoms with van der Waals surface area (Å²) in [6.45, 7) is 5.28. The van der Waals surface area contributed by atoms with Crippen LogP contribution in [0, 0.1) is 11.6 Å². The average molecular weight is 371 g/mol. The smallest absolute Gasteiger partial charge is 0.167 e. The van der Waals surface area contributed by atoms with Crippen molar-refractivity contribution >= 4 is 16.6 Å². The molecule has 0 radical (unpaired) electrons. The van der Waals surface area contributed by atoms with Crippen LogP contribution in [0.25, 0.3) is 10.9 Å². The van der Waals surface area contributed by atoms with Gasteiger partial charge in [0.2, 0.25) is 0 Å². The Balaban J connectivity index is 1.23. The number of benzene rings is 2. The molecule has 0 saturated carbocycles. The van der Waals surface area contributed by atoms with Gasteiger partial charge in [0.1, 0.15) is 5.82 Å². The molecule has 4 rings (SSSR count). The van der Waals surface area contributed by atoms with Crippen molar-refractivity contribution in [3.8, 4) is 5.75 Å². The predicted molar refractivity (Wildman–Crippen MR) is 103 cm³/mol. The molecule has 0 aliphatic carbocycles. The zero-order valence-electron chi connectivity index (χ0n) is 15.1. The molecule has 0 amide bonds. The molecule has 1 aromatic heterocycles. The van der Waals surface area contributed by atoms with Crippen LogP contribution in [0.4, 0.5) is 14.5 Å². The molecule has 2 aromatic carbocycles. The van der Waals surface area contributed by atoms with Gasteiger partial charge in [0.05, 0.1) is 6.61 Å². The van der Waals surface area contributed by atoms with Crippen LogP contribution in [-0.2, 0) is 0 Å². The lowest BCUT2D eigenvalue weighted by atomic mass is 10.1. The fourth-order valence-corrected chi connectivity index (χ4v) is 3.62. The van der Waals surface area contributed by atoms with Crippen LogP contribution in [0.3, 0.4) is 0 Å². The second kappa shape index (κ2) is 7.96. The lowest BCUT2D eigenvalue weighted by molar-refractivity contribution is 0.221. The van der Waals surface area contributed by atoms with Gasteiger partial charge < -0.3 is 14.6 Å². The minimum Gasteiger partial charge on any atom is -0.490 e. The summed E-state index contributed by atoms with van der Waals surface area (Å²) in [6.07, 6.45) is 2.79. The summed E-state index contributed by atoms with van der Waals surface area (Å²) in [5, 5.41) is 1.26. The number of rotatable bonds is 6. The Labute approximate surface area is 157 Å². The van der Waals surface area contributed by atoms with Crippen LogP contribution in [-0.4, -0.2) is 49.2 Å². The molecule has 27 heavy (non-hydrogen) atoms. The van der Waals surface area contributed by atoms with Crippen LogP contribution in [0.2, 0.25) is 0 Å². The zero-order chi connectivity index (χ0) is 18.6. The van der Waals surface area contributed by atoms with Crippen molar-refractivity contribution in [3.05, 3.63) is 60.3 Å². The van der Waals surface area contributed by atoms with E-state index >= 15 is 0 Å². The maximum absolute atomic E-state index is 13.5. The van der Waals surface area contributed by atoms with Gasteiger partial charge in [-0.2, -0.15) is 0 Å². The van der Waals surface area contributed by atoms with Crippen LogP contribution >= 0.6 is 0 Å². The number of piperazine rings is 1. The highest BCUT2D eigenvalue weighted by Gasteiger charge is 2.18. The number of fused-ring (bicyclic) bond motifs is 1. The minimum atomic E-state index is -0.650. The molecular weight excluding hydrogens is 348 g/mol. The van der Waals surface area contributed by atoms with Crippen molar-refractivity contribution in [3.63, 3.8) is 0 Å². The number of H-pyrrole nitrogens is 1. The maximum Gasteiger partial charge on any atom is 0.167 e. The fraction of sp³-hybridized carbons (Fsp3) is 0.333. The topological polar surface area (TPSA) is 31.5 Å². The molecule has 1 aliphatic rings. The third kappa shape index (κ3) is 4.06. The van der Waals surface area contributed by atoms with Gasteiger partial charge in [-0.3, -0.25) is 4.90 Å². The van der Waals surface area contributed by atoms with Crippen molar-refractivity contribution in [2.45, 2.75) is 6.42 Å². The Morgan fingerprint density at radius 1 is 1.00 bits per heavy atom. The zero-order valence-corrected chi connectivity index (χ0v) is 15.1. The number of hydrogen-bond donors (Lipinski definition) is 1. The van der Waals surface area contributed by atoms with Crippen molar-refractivity contribution in [1.29, 1.82) is 0 Å². The molecule has 0 bridgehead atoms. The van der Waals surface area contributed by atoms with Gasteiger partial charge in [-0.05, 0) is 36.8 Å². The van der Waals surface area contributed by atoms with Gasteiger partial charge >= 0.3 is 0 Å². The first-order chi connectivity index (χ1) is 13.2. The molecule has 1 N–H and O–H groups in total. The highest BCUT2D eigenvalue weighted by Crippen LogP contribution is 2.27. The summed E-state index contributed by atoms with van der Waals surface area (Å²) >= 11 is 0. The molecule has 1 fully saturated rings. The molecule has 0 spiro atoms. The van der Waals surface area contributed by atoms with E-state index in [2.05, 4.69) is 39.0 Å². The van der Waals surface area contributed by atoms with E-state index < -0.39 is 11.6 Å². The Bertz CT molecular complexity index is 903. The molecule has 142 valence electrons. The summed E-state index contributed by atoms with van der Waals surface area (Å²) in [5.41, 5.74) is 2.45. The first kappa shape index (κ1) is 17.8. The second-order valence-electron chi connectivity index (χ2n) is 6.82. The van der Waals surface area contributed by atoms with Crippen molar-refractivity contribution in [2.24, 2.45) is 0 Å². The highest BCUT2D eigenvalue weighted by atomic mass is 19.1. The molecular formula is C21H23F2N3O. The van der Waals surface area contributed by atoms with E-state index in [1.807, 2.05) is 6.20 Å². The lowest BCUT2D eigenvalue weighted by Crippen LogP contribution is -2.46. The molecule has 6 heteroatoms. The van der Waals surface area contributed by atoms with Gasteiger partial charge in [0, 0.05) is 61.6 Å². The average Bonchev–Trinajstić information content (AvgIpc) is 3.16. The van der Waals surface area contributed by atoms with E-state index in [9.17, 15) is 8.78 Å². The highest BCUT2D eigenvalue weighted by molar-refractivity contribution is 5.92. The van der Waals surface area contributed by atoms with Crippen LogP contribution in [0.5, 0.6) is 5.75 Å². The maximum atomic E-state index is 13.5. The summed E-state index contributed by atoms with van der Waals surface area (Å²) < 4.78 is 31.9. The van der Waals surface area contributed by atoms with Gasteiger partial charge in [-0.1, -0.05) is 6.07 Å². The van der Waals surface area contributed by atoms with E-state index in [-0.39, 0.29) is 5.75 Å². The van der Waals surface area contributed by atoms with E-state index in [1.165, 1.54) is 28.7 Å². The summed E-state index contributed by atoms with van der Waals surface area (Å²) in [7, 11) is 0. The Morgan fingerprint density at radius 3 is 2.67 bits per heavy atom. The molecule has 1 saturated heterocycles. The molecule has 0 unspecified atom stereocenters. The Morgan fingerprint density at radius 2 is 1.85 bits per heavy atom.